The molecule has 2 fully saturated rings. The maximum atomic E-state index is 12.9. The first-order valence-corrected chi connectivity index (χ1v) is 10.6. The molecule has 1 unspecified atom stereocenters. The normalized spacial score (nSPS) is 19.7. The molecule has 1 atom stereocenters. The van der Waals surface area contributed by atoms with E-state index in [1.54, 1.807) is 34.1 Å². The third-order valence-corrected chi connectivity index (χ3v) is 5.37. The summed E-state index contributed by atoms with van der Waals surface area (Å²) in [5.74, 6) is -0.0863. The number of carbonyl (C=O) groups is 3. The highest BCUT2D eigenvalue weighted by atomic mass is 16.6. The van der Waals surface area contributed by atoms with Gasteiger partial charge in [-0.2, -0.15) is 0 Å². The summed E-state index contributed by atoms with van der Waals surface area (Å²) in [6.45, 7) is 8.75. The van der Waals surface area contributed by atoms with E-state index in [1.807, 2.05) is 27.7 Å². The zero-order valence-electron chi connectivity index (χ0n) is 18.2. The van der Waals surface area contributed by atoms with E-state index in [0.717, 1.165) is 19.3 Å². The molecule has 3 rings (SSSR count). The van der Waals surface area contributed by atoms with E-state index < -0.39 is 5.60 Å². The van der Waals surface area contributed by atoms with Gasteiger partial charge in [-0.05, 0) is 71.2 Å². The first-order chi connectivity index (χ1) is 14.1. The molecule has 164 valence electrons. The van der Waals surface area contributed by atoms with E-state index in [-0.39, 0.29) is 30.1 Å². The summed E-state index contributed by atoms with van der Waals surface area (Å²) < 4.78 is 5.43. The molecule has 1 saturated heterocycles. The molecule has 1 saturated carbocycles. The van der Waals surface area contributed by atoms with Crippen molar-refractivity contribution in [2.45, 2.75) is 64.6 Å². The molecule has 0 bridgehead atoms. The molecule has 0 spiro atoms. The average molecular weight is 417 g/mol. The lowest BCUT2D eigenvalue weighted by Crippen LogP contribution is -2.56. The first-order valence-electron chi connectivity index (χ1n) is 10.6. The van der Waals surface area contributed by atoms with E-state index >= 15 is 0 Å². The van der Waals surface area contributed by atoms with Crippen molar-refractivity contribution in [3.8, 4) is 0 Å². The van der Waals surface area contributed by atoms with Crippen molar-refractivity contribution in [1.82, 2.24) is 15.1 Å². The van der Waals surface area contributed by atoms with Crippen LogP contribution in [0.5, 0.6) is 0 Å². The molecule has 1 aliphatic carbocycles. The highest BCUT2D eigenvalue weighted by Crippen LogP contribution is 2.20. The van der Waals surface area contributed by atoms with E-state index in [1.165, 1.54) is 0 Å². The number of rotatable bonds is 3. The minimum Gasteiger partial charge on any atom is -0.444 e. The number of amides is 4. The Morgan fingerprint density at radius 3 is 2.27 bits per heavy atom. The zero-order chi connectivity index (χ0) is 21.9. The van der Waals surface area contributed by atoms with Gasteiger partial charge in [0.1, 0.15) is 5.60 Å². The molecule has 0 aromatic heterocycles. The third kappa shape index (κ3) is 5.64. The van der Waals surface area contributed by atoms with Gasteiger partial charge in [-0.3, -0.25) is 4.79 Å². The van der Waals surface area contributed by atoms with Gasteiger partial charge in [-0.25, -0.2) is 9.59 Å². The molecule has 1 aliphatic heterocycles. The second kappa shape index (κ2) is 8.93. The lowest BCUT2D eigenvalue weighted by Gasteiger charge is -2.40. The van der Waals surface area contributed by atoms with E-state index in [9.17, 15) is 14.4 Å². The molecule has 0 radical (unpaired) electrons. The highest BCUT2D eigenvalue weighted by molar-refractivity contribution is 5.96. The Bertz CT molecular complexity index is 783. The number of ether oxygens (including phenoxy) is 1. The molecule has 4 amide bonds. The Balaban J connectivity index is 1.53. The Labute approximate surface area is 177 Å². The number of nitrogens with one attached hydrogen (secondary N) is 2. The van der Waals surface area contributed by atoms with Crippen LogP contribution in [0.2, 0.25) is 0 Å². The van der Waals surface area contributed by atoms with E-state index in [4.69, 9.17) is 4.74 Å². The summed E-state index contributed by atoms with van der Waals surface area (Å²) in [7, 11) is 0. The third-order valence-electron chi connectivity index (χ3n) is 5.37. The van der Waals surface area contributed by atoms with E-state index in [0.29, 0.717) is 30.9 Å². The molecule has 8 nitrogen and oxygen atoms in total. The molecule has 8 heteroatoms. The molecular formula is C22H32N4O4. The fourth-order valence-electron chi connectivity index (χ4n) is 3.52. The average Bonchev–Trinajstić information content (AvgIpc) is 2.63. The van der Waals surface area contributed by atoms with Gasteiger partial charge in [-0.15, -0.1) is 0 Å². The Morgan fingerprint density at radius 1 is 1.07 bits per heavy atom. The zero-order valence-corrected chi connectivity index (χ0v) is 18.2. The quantitative estimate of drug-likeness (QED) is 0.790. The van der Waals surface area contributed by atoms with Crippen LogP contribution in [0.1, 0.15) is 57.3 Å². The maximum absolute atomic E-state index is 12.9. The Kier molecular flexibility index (Phi) is 6.53. The van der Waals surface area contributed by atoms with Crippen LogP contribution in [0.3, 0.4) is 0 Å². The number of urea groups is 1. The second-order valence-corrected chi connectivity index (χ2v) is 9.08. The Morgan fingerprint density at radius 2 is 1.73 bits per heavy atom. The number of anilines is 1. The molecule has 1 heterocycles. The van der Waals surface area contributed by atoms with Crippen LogP contribution in [0.25, 0.3) is 0 Å². The number of piperazine rings is 1. The summed E-state index contributed by atoms with van der Waals surface area (Å²) >= 11 is 0. The van der Waals surface area contributed by atoms with Gasteiger partial charge in [0.25, 0.3) is 5.91 Å². The van der Waals surface area contributed by atoms with Crippen molar-refractivity contribution in [3.05, 3.63) is 29.8 Å². The van der Waals surface area contributed by atoms with Gasteiger partial charge < -0.3 is 25.2 Å². The molecular weight excluding hydrogens is 384 g/mol. The fraction of sp³-hybridized carbons (Fsp3) is 0.591. The monoisotopic (exact) mass is 416 g/mol. The smallest absolute Gasteiger partial charge is 0.410 e. The standard InChI is InChI=1S/C22H32N4O4/c1-15-14-25(21(29)30-22(2,3)4)12-13-26(15)19(27)16-8-10-18(11-9-16)24-20(28)23-17-6-5-7-17/h8-11,15,17H,5-7,12-14H2,1-4H3,(H2,23,24,28). The van der Waals surface area contributed by atoms with Gasteiger partial charge in [0.15, 0.2) is 0 Å². The summed E-state index contributed by atoms with van der Waals surface area (Å²) in [6.07, 6.45) is 2.87. The van der Waals surface area contributed by atoms with Crippen molar-refractivity contribution in [3.63, 3.8) is 0 Å². The number of nitrogens with zero attached hydrogens (tertiary/aromatic N) is 2. The predicted molar refractivity (Wildman–Crippen MR) is 115 cm³/mol. The topological polar surface area (TPSA) is 91.0 Å². The molecule has 2 N–H and O–H groups in total. The number of hydrogen-bond acceptors (Lipinski definition) is 4. The summed E-state index contributed by atoms with van der Waals surface area (Å²) in [6, 6.07) is 6.83. The second-order valence-electron chi connectivity index (χ2n) is 9.08. The first kappa shape index (κ1) is 21.9. The van der Waals surface area contributed by atoms with Crippen LogP contribution in [-0.2, 0) is 4.74 Å². The van der Waals surface area contributed by atoms with Crippen molar-refractivity contribution in [2.24, 2.45) is 0 Å². The maximum Gasteiger partial charge on any atom is 0.410 e. The minimum atomic E-state index is -0.544. The van der Waals surface area contributed by atoms with Crippen molar-refractivity contribution < 1.29 is 19.1 Å². The predicted octanol–water partition coefficient (Wildman–Crippen LogP) is 3.44. The largest absolute Gasteiger partial charge is 0.444 e. The summed E-state index contributed by atoms with van der Waals surface area (Å²) in [5, 5.41) is 5.72. The van der Waals surface area contributed by atoms with Gasteiger partial charge in [0, 0.05) is 43.0 Å². The van der Waals surface area contributed by atoms with Crippen LogP contribution in [0, 0.1) is 0 Å². The Hall–Kier alpha value is -2.77. The van der Waals surface area contributed by atoms with Crippen LogP contribution in [0.15, 0.2) is 24.3 Å². The van der Waals surface area contributed by atoms with Gasteiger partial charge in [0.2, 0.25) is 0 Å². The van der Waals surface area contributed by atoms with Gasteiger partial charge in [0.05, 0.1) is 0 Å². The lowest BCUT2D eigenvalue weighted by atomic mass is 9.93. The molecule has 30 heavy (non-hydrogen) atoms. The minimum absolute atomic E-state index is 0.0863. The lowest BCUT2D eigenvalue weighted by molar-refractivity contribution is 0.00617. The highest BCUT2D eigenvalue weighted by Gasteiger charge is 2.32. The number of carbonyl (C=O) groups excluding carboxylic acids is 3. The van der Waals surface area contributed by atoms with Crippen molar-refractivity contribution >= 4 is 23.7 Å². The van der Waals surface area contributed by atoms with Crippen molar-refractivity contribution in [2.75, 3.05) is 25.0 Å². The summed E-state index contributed by atoms with van der Waals surface area (Å²) in [4.78, 5) is 40.6. The van der Waals surface area contributed by atoms with Crippen LogP contribution in [0.4, 0.5) is 15.3 Å². The molecule has 2 aliphatic rings. The fourth-order valence-corrected chi connectivity index (χ4v) is 3.52. The SMILES string of the molecule is CC1CN(C(=O)OC(C)(C)C)CCN1C(=O)c1ccc(NC(=O)NC2CCC2)cc1. The van der Waals surface area contributed by atoms with Crippen LogP contribution in [-0.4, -0.2) is 65.2 Å². The summed E-state index contributed by atoms with van der Waals surface area (Å²) in [5.41, 5.74) is 0.654. The van der Waals surface area contributed by atoms with Crippen molar-refractivity contribution in [1.29, 1.82) is 0 Å². The molecule has 1 aromatic carbocycles. The van der Waals surface area contributed by atoms with E-state index in [2.05, 4.69) is 10.6 Å². The van der Waals surface area contributed by atoms with Gasteiger partial charge in [-0.1, -0.05) is 0 Å². The van der Waals surface area contributed by atoms with Crippen LogP contribution >= 0.6 is 0 Å². The van der Waals surface area contributed by atoms with Crippen LogP contribution < -0.4 is 10.6 Å². The molecule has 1 aromatic rings. The van der Waals surface area contributed by atoms with Gasteiger partial charge >= 0.3 is 12.1 Å². The number of benzene rings is 1. The number of hydrogen-bond donors (Lipinski definition) is 2.